The Balaban J connectivity index is 1.75. The zero-order valence-electron chi connectivity index (χ0n) is 10.7. The molecule has 1 aromatic carbocycles. The van der Waals surface area contributed by atoms with Gasteiger partial charge in [0.1, 0.15) is 0 Å². The van der Waals surface area contributed by atoms with Crippen molar-refractivity contribution in [2.45, 2.75) is 44.2 Å². The molecule has 1 aromatic rings. The summed E-state index contributed by atoms with van der Waals surface area (Å²) in [7, 11) is 0. The molecule has 3 rings (SSSR count). The lowest BCUT2D eigenvalue weighted by atomic mass is 9.84. The zero-order valence-corrected chi connectivity index (χ0v) is 12.2. The maximum absolute atomic E-state index is 12.5. The molecule has 1 N–H and O–H groups in total. The van der Waals surface area contributed by atoms with Gasteiger partial charge in [-0.25, -0.2) is 0 Å². The van der Waals surface area contributed by atoms with Gasteiger partial charge >= 0.3 is 0 Å². The van der Waals surface area contributed by atoms with Gasteiger partial charge in [-0.1, -0.05) is 36.0 Å². The third kappa shape index (κ3) is 2.67. The number of fused-ring (bicyclic) bond motifs is 1. The van der Waals surface area contributed by atoms with Gasteiger partial charge in [0.2, 0.25) is 0 Å². The van der Waals surface area contributed by atoms with E-state index in [2.05, 4.69) is 5.32 Å². The topological polar surface area (TPSA) is 29.1 Å². The molecule has 0 aromatic heterocycles. The number of ketones is 1. The Labute approximate surface area is 123 Å². The van der Waals surface area contributed by atoms with Crippen LogP contribution in [0.15, 0.2) is 18.2 Å². The lowest BCUT2D eigenvalue weighted by molar-refractivity contribution is 0.0949. The number of hydrogen-bond acceptors (Lipinski definition) is 2. The number of nitrogens with one attached hydrogen (secondary N) is 1. The summed E-state index contributed by atoms with van der Waals surface area (Å²) < 4.78 is 0. The first-order valence-electron chi connectivity index (χ1n) is 6.90. The van der Waals surface area contributed by atoms with Gasteiger partial charge in [-0.2, -0.15) is 0 Å². The van der Waals surface area contributed by atoms with Gasteiger partial charge in [0.05, 0.1) is 16.1 Å². The SMILES string of the molecule is O=C(c1ccc(Cl)c(Cl)c1)C1CC2CCCCC2N1. The fraction of sp³-hybridized carbons (Fsp3) is 0.533. The minimum atomic E-state index is -0.0506. The van der Waals surface area contributed by atoms with Crippen molar-refractivity contribution in [2.75, 3.05) is 0 Å². The van der Waals surface area contributed by atoms with Gasteiger partial charge in [-0.05, 0) is 43.4 Å². The van der Waals surface area contributed by atoms with Crippen molar-refractivity contribution < 1.29 is 4.79 Å². The summed E-state index contributed by atoms with van der Waals surface area (Å²) in [6.07, 6.45) is 6.00. The molecule has 0 bridgehead atoms. The van der Waals surface area contributed by atoms with E-state index in [1.54, 1.807) is 18.2 Å². The molecular formula is C15H17Cl2NO. The highest BCUT2D eigenvalue weighted by Crippen LogP contribution is 2.34. The molecular weight excluding hydrogens is 281 g/mol. The van der Waals surface area contributed by atoms with Crippen LogP contribution in [0.2, 0.25) is 10.0 Å². The van der Waals surface area contributed by atoms with Gasteiger partial charge in [0, 0.05) is 11.6 Å². The molecule has 102 valence electrons. The highest BCUT2D eigenvalue weighted by Gasteiger charge is 2.38. The average molecular weight is 298 g/mol. The molecule has 3 atom stereocenters. The number of carbonyl (C=O) groups excluding carboxylic acids is 1. The number of hydrogen-bond donors (Lipinski definition) is 1. The molecule has 2 nitrogen and oxygen atoms in total. The van der Waals surface area contributed by atoms with Crippen LogP contribution in [0.25, 0.3) is 0 Å². The van der Waals surface area contributed by atoms with Crippen molar-refractivity contribution >= 4 is 29.0 Å². The second-order valence-corrected chi connectivity index (χ2v) is 6.41. The van der Waals surface area contributed by atoms with Crippen LogP contribution in [0.5, 0.6) is 0 Å². The van der Waals surface area contributed by atoms with Gasteiger partial charge < -0.3 is 5.32 Å². The van der Waals surface area contributed by atoms with Crippen molar-refractivity contribution in [1.29, 1.82) is 0 Å². The van der Waals surface area contributed by atoms with Gasteiger partial charge in [-0.15, -0.1) is 0 Å². The Kier molecular flexibility index (Phi) is 3.84. The molecule has 4 heteroatoms. The van der Waals surface area contributed by atoms with E-state index in [1.165, 1.54) is 25.7 Å². The zero-order chi connectivity index (χ0) is 13.4. The van der Waals surface area contributed by atoms with E-state index >= 15 is 0 Å². The minimum absolute atomic E-state index is 0.0506. The highest BCUT2D eigenvalue weighted by molar-refractivity contribution is 6.42. The van der Waals surface area contributed by atoms with Crippen LogP contribution in [0.1, 0.15) is 42.5 Å². The quantitative estimate of drug-likeness (QED) is 0.833. The number of carbonyl (C=O) groups is 1. The van der Waals surface area contributed by atoms with E-state index < -0.39 is 0 Å². The van der Waals surface area contributed by atoms with Crippen LogP contribution in [-0.4, -0.2) is 17.9 Å². The summed E-state index contributed by atoms with van der Waals surface area (Å²) >= 11 is 11.9. The van der Waals surface area contributed by atoms with Gasteiger partial charge in [0.25, 0.3) is 0 Å². The van der Waals surface area contributed by atoms with Crippen LogP contribution in [0, 0.1) is 5.92 Å². The van der Waals surface area contributed by atoms with Crippen molar-refractivity contribution in [3.8, 4) is 0 Å². The maximum atomic E-state index is 12.5. The first-order valence-corrected chi connectivity index (χ1v) is 7.66. The van der Waals surface area contributed by atoms with Gasteiger partial charge in [0.15, 0.2) is 5.78 Å². The van der Waals surface area contributed by atoms with Crippen molar-refractivity contribution in [3.63, 3.8) is 0 Å². The Hall–Kier alpha value is -0.570. The maximum Gasteiger partial charge on any atom is 0.179 e. The van der Waals surface area contributed by atoms with Crippen molar-refractivity contribution in [3.05, 3.63) is 33.8 Å². The normalized spacial score (nSPS) is 30.1. The highest BCUT2D eigenvalue weighted by atomic mass is 35.5. The molecule has 1 saturated heterocycles. The second-order valence-electron chi connectivity index (χ2n) is 5.60. The number of Topliss-reactive ketones (excluding diaryl/α,β-unsaturated/α-hetero) is 1. The second kappa shape index (κ2) is 5.43. The summed E-state index contributed by atoms with van der Waals surface area (Å²) in [4.78, 5) is 12.5. The van der Waals surface area contributed by atoms with E-state index in [0.29, 0.717) is 27.6 Å². The van der Waals surface area contributed by atoms with Crippen LogP contribution < -0.4 is 5.32 Å². The molecule has 0 amide bonds. The Morgan fingerprint density at radius 1 is 1.16 bits per heavy atom. The first kappa shape index (κ1) is 13.4. The van der Waals surface area contributed by atoms with E-state index in [-0.39, 0.29) is 11.8 Å². The van der Waals surface area contributed by atoms with E-state index in [4.69, 9.17) is 23.2 Å². The molecule has 2 fully saturated rings. The predicted molar refractivity (Wildman–Crippen MR) is 78.1 cm³/mol. The minimum Gasteiger partial charge on any atom is -0.304 e. The summed E-state index contributed by atoms with van der Waals surface area (Å²) in [6.45, 7) is 0. The van der Waals surface area contributed by atoms with E-state index in [0.717, 1.165) is 6.42 Å². The molecule has 3 unspecified atom stereocenters. The summed E-state index contributed by atoms with van der Waals surface area (Å²) in [5.74, 6) is 0.818. The summed E-state index contributed by atoms with van der Waals surface area (Å²) in [5.41, 5.74) is 0.658. The Bertz CT molecular complexity index is 489. The third-order valence-electron chi connectivity index (χ3n) is 4.38. The average Bonchev–Trinajstić information content (AvgIpc) is 2.85. The van der Waals surface area contributed by atoms with Crippen molar-refractivity contribution in [2.24, 2.45) is 5.92 Å². The summed E-state index contributed by atoms with van der Waals surface area (Å²) in [6, 6.07) is 5.62. The molecule has 1 saturated carbocycles. The van der Waals surface area contributed by atoms with Crippen LogP contribution >= 0.6 is 23.2 Å². The molecule has 1 aliphatic heterocycles. The summed E-state index contributed by atoms with van der Waals surface area (Å²) in [5, 5.41) is 4.44. The Morgan fingerprint density at radius 2 is 1.95 bits per heavy atom. The van der Waals surface area contributed by atoms with Gasteiger partial charge in [-0.3, -0.25) is 4.79 Å². The number of halogens is 2. The first-order chi connectivity index (χ1) is 9.15. The molecule has 0 radical (unpaired) electrons. The van der Waals surface area contributed by atoms with Crippen LogP contribution in [-0.2, 0) is 0 Å². The largest absolute Gasteiger partial charge is 0.304 e. The lowest BCUT2D eigenvalue weighted by Gasteiger charge is -2.24. The fourth-order valence-electron chi connectivity index (χ4n) is 3.37. The standard InChI is InChI=1S/C15H17Cl2NO/c16-11-6-5-10(7-12(11)17)15(19)14-8-9-3-1-2-4-13(9)18-14/h5-7,9,13-14,18H,1-4,8H2. The Morgan fingerprint density at radius 3 is 2.68 bits per heavy atom. The van der Waals surface area contributed by atoms with Crippen molar-refractivity contribution in [1.82, 2.24) is 5.32 Å². The predicted octanol–water partition coefficient (Wildman–Crippen LogP) is 4.10. The monoisotopic (exact) mass is 297 g/mol. The molecule has 2 aliphatic rings. The van der Waals surface area contributed by atoms with Crippen LogP contribution in [0.3, 0.4) is 0 Å². The van der Waals surface area contributed by atoms with Crippen LogP contribution in [0.4, 0.5) is 0 Å². The number of rotatable bonds is 2. The number of benzene rings is 1. The van der Waals surface area contributed by atoms with E-state index in [9.17, 15) is 4.79 Å². The molecule has 0 spiro atoms. The molecule has 1 heterocycles. The molecule has 1 aliphatic carbocycles. The fourth-order valence-corrected chi connectivity index (χ4v) is 3.67. The molecule has 19 heavy (non-hydrogen) atoms. The lowest BCUT2D eigenvalue weighted by Crippen LogP contribution is -2.37. The van der Waals surface area contributed by atoms with E-state index in [1.807, 2.05) is 0 Å². The smallest absolute Gasteiger partial charge is 0.179 e. The third-order valence-corrected chi connectivity index (χ3v) is 5.12.